The Bertz CT molecular complexity index is 652. The van der Waals surface area contributed by atoms with Gasteiger partial charge in [0.1, 0.15) is 0 Å². The number of nitrogens with one attached hydrogen (secondary N) is 3. The van der Waals surface area contributed by atoms with Crippen LogP contribution < -0.4 is 16.0 Å². The molecule has 29 heavy (non-hydrogen) atoms. The van der Waals surface area contributed by atoms with Gasteiger partial charge in [-0.05, 0) is 42.7 Å². The van der Waals surface area contributed by atoms with Gasteiger partial charge in [-0.15, -0.1) is 24.0 Å². The van der Waals surface area contributed by atoms with E-state index in [4.69, 9.17) is 0 Å². The van der Waals surface area contributed by atoms with Crippen molar-refractivity contribution in [2.24, 2.45) is 4.99 Å². The second kappa shape index (κ2) is 12.4. The maximum Gasteiger partial charge on any atom is 0.220 e. The zero-order valence-corrected chi connectivity index (χ0v) is 20.5. The SMILES string of the molecule is CCNC(=NCC(O)c1ccc(C(C)(C)C)cc1)NCCCC(=O)NC1CC1.I. The molecule has 164 valence electrons. The van der Waals surface area contributed by atoms with E-state index in [-0.39, 0.29) is 41.8 Å². The number of amides is 1. The number of carbonyl (C=O) groups excluding carboxylic acids is 1. The zero-order chi connectivity index (χ0) is 20.6. The molecular formula is C22H37IN4O2. The quantitative estimate of drug-likeness (QED) is 0.176. The van der Waals surface area contributed by atoms with E-state index in [0.29, 0.717) is 25.0 Å². The number of hydrogen-bond acceptors (Lipinski definition) is 3. The molecule has 4 N–H and O–H groups in total. The Morgan fingerprint density at radius 1 is 1.21 bits per heavy atom. The molecule has 1 saturated carbocycles. The Hall–Kier alpha value is -1.35. The molecule has 0 heterocycles. The number of aliphatic hydroxyl groups is 1. The van der Waals surface area contributed by atoms with Crippen LogP contribution in [0.25, 0.3) is 0 Å². The molecule has 0 spiro atoms. The third-order valence-corrected chi connectivity index (χ3v) is 4.74. The highest BCUT2D eigenvalue weighted by atomic mass is 127. The molecule has 0 aromatic heterocycles. The van der Waals surface area contributed by atoms with Crippen LogP contribution in [0.5, 0.6) is 0 Å². The Morgan fingerprint density at radius 3 is 2.41 bits per heavy atom. The molecule has 1 aromatic carbocycles. The fourth-order valence-corrected chi connectivity index (χ4v) is 2.81. The molecule has 6 nitrogen and oxygen atoms in total. The largest absolute Gasteiger partial charge is 0.386 e. The molecule has 1 aliphatic carbocycles. The highest BCUT2D eigenvalue weighted by molar-refractivity contribution is 14.0. The molecule has 1 unspecified atom stereocenters. The summed E-state index contributed by atoms with van der Waals surface area (Å²) < 4.78 is 0. The molecule has 0 bridgehead atoms. The fourth-order valence-electron chi connectivity index (χ4n) is 2.81. The summed E-state index contributed by atoms with van der Waals surface area (Å²) in [5, 5.41) is 19.8. The minimum absolute atomic E-state index is 0. The Kier molecular flexibility index (Phi) is 11.0. The Labute approximate surface area is 192 Å². The third-order valence-electron chi connectivity index (χ3n) is 4.74. The second-order valence-electron chi connectivity index (χ2n) is 8.48. The number of carbonyl (C=O) groups is 1. The van der Waals surface area contributed by atoms with Gasteiger partial charge in [0.15, 0.2) is 5.96 Å². The molecule has 0 aliphatic heterocycles. The van der Waals surface area contributed by atoms with Gasteiger partial charge >= 0.3 is 0 Å². The van der Waals surface area contributed by atoms with Crippen molar-refractivity contribution >= 4 is 35.8 Å². The molecule has 7 heteroatoms. The van der Waals surface area contributed by atoms with Crippen LogP contribution in [0.15, 0.2) is 29.3 Å². The molecule has 1 amide bonds. The standard InChI is InChI=1S/C22H36N4O2.HI/c1-5-23-21(24-14-6-7-20(28)26-18-12-13-18)25-15-19(27)16-8-10-17(11-9-16)22(2,3)4;/h8-11,18-19,27H,5-7,12-15H2,1-4H3,(H,26,28)(H2,23,24,25);1H. The van der Waals surface area contributed by atoms with E-state index in [9.17, 15) is 9.90 Å². The van der Waals surface area contributed by atoms with Crippen LogP contribution in [0, 0.1) is 0 Å². The lowest BCUT2D eigenvalue weighted by Crippen LogP contribution is -2.38. The van der Waals surface area contributed by atoms with Gasteiger partial charge in [-0.3, -0.25) is 9.79 Å². The van der Waals surface area contributed by atoms with E-state index in [1.54, 1.807) is 0 Å². The molecule has 2 rings (SSSR count). The highest BCUT2D eigenvalue weighted by Crippen LogP contribution is 2.24. The summed E-state index contributed by atoms with van der Waals surface area (Å²) in [7, 11) is 0. The van der Waals surface area contributed by atoms with Crippen molar-refractivity contribution in [2.75, 3.05) is 19.6 Å². The maximum absolute atomic E-state index is 11.7. The zero-order valence-electron chi connectivity index (χ0n) is 18.1. The third kappa shape index (κ3) is 9.80. The highest BCUT2D eigenvalue weighted by Gasteiger charge is 2.22. The summed E-state index contributed by atoms with van der Waals surface area (Å²) in [6, 6.07) is 8.49. The molecular weight excluding hydrogens is 479 g/mol. The number of benzene rings is 1. The van der Waals surface area contributed by atoms with Crippen LogP contribution >= 0.6 is 24.0 Å². The predicted octanol–water partition coefficient (Wildman–Crippen LogP) is 3.25. The smallest absolute Gasteiger partial charge is 0.220 e. The van der Waals surface area contributed by atoms with Crippen molar-refractivity contribution < 1.29 is 9.90 Å². The number of guanidine groups is 1. The summed E-state index contributed by atoms with van der Waals surface area (Å²) in [6.07, 6.45) is 2.85. The van der Waals surface area contributed by atoms with Crippen LogP contribution in [-0.4, -0.2) is 42.6 Å². The number of aliphatic imine (C=N–C) groups is 1. The second-order valence-corrected chi connectivity index (χ2v) is 8.48. The lowest BCUT2D eigenvalue weighted by molar-refractivity contribution is -0.121. The van der Waals surface area contributed by atoms with Gasteiger partial charge in [-0.1, -0.05) is 45.0 Å². The maximum atomic E-state index is 11.7. The van der Waals surface area contributed by atoms with E-state index >= 15 is 0 Å². The van der Waals surface area contributed by atoms with Crippen LogP contribution in [0.3, 0.4) is 0 Å². The van der Waals surface area contributed by atoms with E-state index in [1.165, 1.54) is 5.56 Å². The van der Waals surface area contributed by atoms with Crippen molar-refractivity contribution in [1.29, 1.82) is 0 Å². The fraction of sp³-hybridized carbons (Fsp3) is 0.636. The molecule has 1 aliphatic rings. The van der Waals surface area contributed by atoms with Crippen molar-refractivity contribution in [3.05, 3.63) is 35.4 Å². The first kappa shape index (κ1) is 25.7. The van der Waals surface area contributed by atoms with E-state index in [2.05, 4.69) is 53.8 Å². The van der Waals surface area contributed by atoms with E-state index in [1.807, 2.05) is 19.1 Å². The molecule has 0 radical (unpaired) electrons. The summed E-state index contributed by atoms with van der Waals surface area (Å²) in [5.74, 6) is 0.788. The van der Waals surface area contributed by atoms with Crippen molar-refractivity contribution in [3.8, 4) is 0 Å². The number of nitrogens with zero attached hydrogens (tertiary/aromatic N) is 1. The van der Waals surface area contributed by atoms with Gasteiger partial charge in [0.05, 0.1) is 12.6 Å². The van der Waals surface area contributed by atoms with Crippen molar-refractivity contribution in [1.82, 2.24) is 16.0 Å². The van der Waals surface area contributed by atoms with Crippen LogP contribution in [0.2, 0.25) is 0 Å². The van der Waals surface area contributed by atoms with E-state index < -0.39 is 6.10 Å². The minimum Gasteiger partial charge on any atom is -0.386 e. The summed E-state index contributed by atoms with van der Waals surface area (Å²) >= 11 is 0. The Balaban J connectivity index is 0.00000420. The van der Waals surface area contributed by atoms with Crippen molar-refractivity contribution in [2.45, 2.75) is 70.9 Å². The van der Waals surface area contributed by atoms with Crippen molar-refractivity contribution in [3.63, 3.8) is 0 Å². The van der Waals surface area contributed by atoms with Gasteiger partial charge in [0.25, 0.3) is 0 Å². The first-order chi connectivity index (χ1) is 13.3. The van der Waals surface area contributed by atoms with E-state index in [0.717, 1.165) is 31.4 Å². The van der Waals surface area contributed by atoms with Gasteiger partial charge in [0, 0.05) is 25.6 Å². The van der Waals surface area contributed by atoms with Gasteiger partial charge in [-0.25, -0.2) is 0 Å². The summed E-state index contributed by atoms with van der Waals surface area (Å²) in [6.45, 7) is 10.2. The van der Waals surface area contributed by atoms with Gasteiger partial charge < -0.3 is 21.1 Å². The molecule has 1 atom stereocenters. The van der Waals surface area contributed by atoms with Gasteiger partial charge in [-0.2, -0.15) is 0 Å². The molecule has 1 fully saturated rings. The van der Waals surface area contributed by atoms with Crippen LogP contribution in [-0.2, 0) is 10.2 Å². The average Bonchev–Trinajstić information content (AvgIpc) is 3.46. The molecule has 0 saturated heterocycles. The lowest BCUT2D eigenvalue weighted by Gasteiger charge is -2.20. The number of halogens is 1. The van der Waals surface area contributed by atoms with Crippen LogP contribution in [0.4, 0.5) is 0 Å². The first-order valence-electron chi connectivity index (χ1n) is 10.4. The number of rotatable bonds is 9. The van der Waals surface area contributed by atoms with Gasteiger partial charge in [0.2, 0.25) is 5.91 Å². The molecule has 1 aromatic rings. The lowest BCUT2D eigenvalue weighted by atomic mass is 9.86. The Morgan fingerprint density at radius 2 is 1.86 bits per heavy atom. The monoisotopic (exact) mass is 516 g/mol. The normalized spacial score (nSPS) is 15.3. The first-order valence-corrected chi connectivity index (χ1v) is 10.4. The summed E-state index contributed by atoms with van der Waals surface area (Å²) in [5.41, 5.74) is 2.20. The van der Waals surface area contributed by atoms with Crippen LogP contribution in [0.1, 0.15) is 70.6 Å². The summed E-state index contributed by atoms with van der Waals surface area (Å²) in [4.78, 5) is 16.2. The number of aliphatic hydroxyl groups excluding tert-OH is 1. The minimum atomic E-state index is -0.645. The number of hydrogen-bond donors (Lipinski definition) is 4. The topological polar surface area (TPSA) is 85.8 Å². The average molecular weight is 516 g/mol. The predicted molar refractivity (Wildman–Crippen MR) is 130 cm³/mol.